The number of ether oxygens (including phenoxy) is 1. The second-order valence-electron chi connectivity index (χ2n) is 2.82. The molecule has 0 aliphatic rings. The van der Waals surface area contributed by atoms with Crippen molar-refractivity contribution >= 4 is 23.7 Å². The van der Waals surface area contributed by atoms with E-state index >= 15 is 0 Å². The third-order valence-electron chi connectivity index (χ3n) is 1.46. The molecule has 0 spiro atoms. The van der Waals surface area contributed by atoms with E-state index in [-0.39, 0.29) is 36.6 Å². The van der Waals surface area contributed by atoms with Gasteiger partial charge in [-0.25, -0.2) is 9.67 Å². The molecule has 96 valence electrons. The Morgan fingerprint density at radius 1 is 1.59 bits per heavy atom. The van der Waals surface area contributed by atoms with Crippen LogP contribution in [0.3, 0.4) is 0 Å². The molecular weight excluding hydrogens is 261 g/mol. The lowest BCUT2D eigenvalue weighted by Gasteiger charge is -2.06. The molecule has 0 aliphatic heterocycles. The number of hydrogen-bond donors (Lipinski definition) is 1. The zero-order valence-corrected chi connectivity index (χ0v) is 9.29. The predicted octanol–water partition coefficient (Wildman–Crippen LogP) is 0.656. The molecule has 0 bridgehead atoms. The van der Waals surface area contributed by atoms with Crippen molar-refractivity contribution in [3.05, 3.63) is 6.33 Å². The van der Waals surface area contributed by atoms with Crippen molar-refractivity contribution in [2.24, 2.45) is 0 Å². The Labute approximate surface area is 98.3 Å². The van der Waals surface area contributed by atoms with Crippen LogP contribution in [0.4, 0.5) is 19.1 Å². The summed E-state index contributed by atoms with van der Waals surface area (Å²) in [6.45, 7) is -0.548. The lowest BCUT2D eigenvalue weighted by atomic mass is 10.6. The predicted molar refractivity (Wildman–Crippen MR) is 53.9 cm³/mol. The van der Waals surface area contributed by atoms with Crippen LogP contribution in [0.1, 0.15) is 0 Å². The molecule has 0 radical (unpaired) electrons. The standard InChI is InChI=1S/C7H9F3N4O2S/c8-7(9,10)17-2-1-16-5(15)3-14-4-12-6(11)13-14/h4H,1-3H2,(H2,11,13). The Bertz CT molecular complexity index is 381. The van der Waals surface area contributed by atoms with E-state index in [1.807, 2.05) is 0 Å². The Kier molecular flexibility index (Phi) is 4.61. The highest BCUT2D eigenvalue weighted by molar-refractivity contribution is 8.00. The summed E-state index contributed by atoms with van der Waals surface area (Å²) in [6, 6.07) is 0. The smallest absolute Gasteiger partial charge is 0.441 e. The molecule has 0 unspecified atom stereocenters. The maximum Gasteiger partial charge on any atom is 0.441 e. The van der Waals surface area contributed by atoms with Gasteiger partial charge in [-0.15, -0.1) is 5.10 Å². The van der Waals surface area contributed by atoms with Crippen molar-refractivity contribution in [2.75, 3.05) is 18.1 Å². The van der Waals surface area contributed by atoms with Gasteiger partial charge in [0.05, 0.1) is 0 Å². The number of thioether (sulfide) groups is 1. The summed E-state index contributed by atoms with van der Waals surface area (Å²) in [5, 5.41) is 3.62. The fraction of sp³-hybridized carbons (Fsp3) is 0.571. The molecule has 1 heterocycles. The lowest BCUT2D eigenvalue weighted by Crippen LogP contribution is -2.16. The van der Waals surface area contributed by atoms with Crippen molar-refractivity contribution in [3.63, 3.8) is 0 Å². The highest BCUT2D eigenvalue weighted by Crippen LogP contribution is 2.29. The third kappa shape index (κ3) is 6.00. The van der Waals surface area contributed by atoms with E-state index in [0.29, 0.717) is 0 Å². The Morgan fingerprint density at radius 2 is 2.29 bits per heavy atom. The number of nitrogens with two attached hydrogens (primary N) is 1. The van der Waals surface area contributed by atoms with Crippen LogP contribution < -0.4 is 5.73 Å². The maximum atomic E-state index is 11.7. The van der Waals surface area contributed by atoms with Crippen LogP contribution in [0.25, 0.3) is 0 Å². The van der Waals surface area contributed by atoms with Gasteiger partial charge in [0.2, 0.25) is 5.95 Å². The van der Waals surface area contributed by atoms with Crippen LogP contribution in [0.15, 0.2) is 6.33 Å². The van der Waals surface area contributed by atoms with Gasteiger partial charge >= 0.3 is 11.5 Å². The van der Waals surface area contributed by atoms with Crippen LogP contribution in [-0.2, 0) is 16.1 Å². The van der Waals surface area contributed by atoms with Crippen molar-refractivity contribution in [1.29, 1.82) is 0 Å². The van der Waals surface area contributed by atoms with Gasteiger partial charge < -0.3 is 10.5 Å². The lowest BCUT2D eigenvalue weighted by molar-refractivity contribution is -0.144. The topological polar surface area (TPSA) is 83.0 Å². The van der Waals surface area contributed by atoms with Crippen LogP contribution in [0.2, 0.25) is 0 Å². The first kappa shape index (κ1) is 13.6. The molecule has 1 aromatic rings. The van der Waals surface area contributed by atoms with Gasteiger partial charge in [0.15, 0.2) is 0 Å². The molecule has 0 atom stereocenters. The Morgan fingerprint density at radius 3 is 2.82 bits per heavy atom. The summed E-state index contributed by atoms with van der Waals surface area (Å²) in [7, 11) is 0. The molecule has 10 heteroatoms. The van der Waals surface area contributed by atoms with Crippen LogP contribution in [-0.4, -0.2) is 38.6 Å². The fourth-order valence-electron chi connectivity index (χ4n) is 0.876. The molecule has 0 aliphatic carbocycles. The van der Waals surface area contributed by atoms with Crippen molar-refractivity contribution in [1.82, 2.24) is 14.8 Å². The number of esters is 1. The van der Waals surface area contributed by atoms with E-state index in [9.17, 15) is 18.0 Å². The van der Waals surface area contributed by atoms with Gasteiger partial charge in [-0.1, -0.05) is 0 Å². The molecule has 2 N–H and O–H groups in total. The fourth-order valence-corrected chi connectivity index (χ4v) is 1.27. The number of carbonyl (C=O) groups is 1. The first-order chi connectivity index (χ1) is 7.87. The molecule has 1 rings (SSSR count). The van der Waals surface area contributed by atoms with Gasteiger partial charge in [-0.3, -0.25) is 4.79 Å². The molecular formula is C7H9F3N4O2S. The molecule has 0 saturated carbocycles. The number of carbonyl (C=O) groups excluding carboxylic acids is 1. The summed E-state index contributed by atoms with van der Waals surface area (Å²) in [5.74, 6) is -1.03. The Balaban J connectivity index is 2.18. The van der Waals surface area contributed by atoms with Crippen molar-refractivity contribution in [2.45, 2.75) is 12.1 Å². The summed E-state index contributed by atoms with van der Waals surface area (Å²) in [4.78, 5) is 14.7. The van der Waals surface area contributed by atoms with Gasteiger partial charge in [-0.2, -0.15) is 13.2 Å². The molecule has 0 fully saturated rings. The van der Waals surface area contributed by atoms with E-state index in [4.69, 9.17) is 5.73 Å². The quantitative estimate of drug-likeness (QED) is 0.625. The summed E-state index contributed by atoms with van der Waals surface area (Å²) in [5.41, 5.74) is 0.888. The largest absolute Gasteiger partial charge is 0.463 e. The van der Waals surface area contributed by atoms with Gasteiger partial charge in [-0.05, 0) is 11.8 Å². The van der Waals surface area contributed by atoms with Crippen LogP contribution >= 0.6 is 11.8 Å². The molecule has 17 heavy (non-hydrogen) atoms. The van der Waals surface area contributed by atoms with Crippen LogP contribution in [0, 0.1) is 0 Å². The first-order valence-electron chi connectivity index (χ1n) is 4.38. The minimum Gasteiger partial charge on any atom is -0.463 e. The van der Waals surface area contributed by atoms with E-state index in [1.54, 1.807) is 0 Å². The minimum atomic E-state index is -4.31. The first-order valence-corrected chi connectivity index (χ1v) is 5.36. The average molecular weight is 270 g/mol. The molecule has 0 aromatic carbocycles. The Hall–Kier alpha value is -1.45. The van der Waals surface area contributed by atoms with Gasteiger partial charge in [0, 0.05) is 5.75 Å². The zero-order chi connectivity index (χ0) is 12.9. The second-order valence-corrected chi connectivity index (χ2v) is 3.97. The maximum absolute atomic E-state index is 11.7. The normalized spacial score (nSPS) is 11.5. The van der Waals surface area contributed by atoms with Crippen molar-refractivity contribution < 1.29 is 22.7 Å². The average Bonchev–Trinajstić information content (AvgIpc) is 2.57. The third-order valence-corrected chi connectivity index (χ3v) is 2.16. The number of aromatic nitrogens is 3. The zero-order valence-electron chi connectivity index (χ0n) is 8.48. The van der Waals surface area contributed by atoms with Crippen LogP contribution in [0.5, 0.6) is 0 Å². The van der Waals surface area contributed by atoms with E-state index in [1.165, 1.54) is 6.33 Å². The van der Waals surface area contributed by atoms with E-state index in [2.05, 4.69) is 14.8 Å². The summed E-state index contributed by atoms with van der Waals surface area (Å²) in [6.07, 6.45) is 1.22. The monoisotopic (exact) mass is 270 g/mol. The molecule has 1 aromatic heterocycles. The SMILES string of the molecule is Nc1ncn(CC(=O)OCCSC(F)(F)F)n1. The summed E-state index contributed by atoms with van der Waals surface area (Å²) >= 11 is -0.246. The second kappa shape index (κ2) is 5.75. The number of alkyl halides is 3. The molecule has 0 saturated heterocycles. The number of hydrogen-bond acceptors (Lipinski definition) is 6. The van der Waals surface area contributed by atoms with Gasteiger partial charge in [0.25, 0.3) is 0 Å². The number of anilines is 1. The van der Waals surface area contributed by atoms with E-state index < -0.39 is 11.5 Å². The van der Waals surface area contributed by atoms with Gasteiger partial charge in [0.1, 0.15) is 19.5 Å². The number of halogens is 3. The van der Waals surface area contributed by atoms with Crippen molar-refractivity contribution in [3.8, 4) is 0 Å². The summed E-state index contributed by atoms with van der Waals surface area (Å²) < 4.78 is 40.8. The number of nitrogens with zero attached hydrogens (tertiary/aromatic N) is 3. The molecule has 6 nitrogen and oxygen atoms in total. The highest BCUT2D eigenvalue weighted by atomic mass is 32.2. The number of nitrogen functional groups attached to an aromatic ring is 1. The highest BCUT2D eigenvalue weighted by Gasteiger charge is 2.27. The number of rotatable bonds is 5. The molecule has 0 amide bonds. The minimum absolute atomic E-state index is 0.00502. The van der Waals surface area contributed by atoms with E-state index in [0.717, 1.165) is 4.68 Å².